The average Bonchev–Trinajstić information content (AvgIpc) is 3.11. The van der Waals surface area contributed by atoms with Crippen LogP contribution < -0.4 is 10.6 Å². The number of hydrogen-bond donors (Lipinski definition) is 2. The van der Waals surface area contributed by atoms with Gasteiger partial charge in [-0.15, -0.1) is 11.3 Å². The molecule has 3 heterocycles. The topological polar surface area (TPSA) is 96.5 Å². The van der Waals surface area contributed by atoms with E-state index in [4.69, 9.17) is 4.74 Å². The van der Waals surface area contributed by atoms with Crippen molar-refractivity contribution in [1.82, 2.24) is 20.2 Å². The van der Waals surface area contributed by atoms with E-state index in [-0.39, 0.29) is 24.6 Å². The van der Waals surface area contributed by atoms with Gasteiger partial charge in [0.1, 0.15) is 17.0 Å². The van der Waals surface area contributed by atoms with Crippen molar-refractivity contribution < 1.29 is 14.3 Å². The molecule has 3 rings (SSSR count). The molecule has 0 aliphatic carbocycles. The summed E-state index contributed by atoms with van der Waals surface area (Å²) in [5, 5.41) is 7.09. The largest absolute Gasteiger partial charge is 0.450 e. The van der Waals surface area contributed by atoms with Gasteiger partial charge in [-0.1, -0.05) is 6.92 Å². The number of amides is 2. The number of ether oxygens (including phenoxy) is 1. The molecule has 0 spiro atoms. The summed E-state index contributed by atoms with van der Waals surface area (Å²) in [6.45, 7) is 5.62. The van der Waals surface area contributed by atoms with Gasteiger partial charge in [0, 0.05) is 24.0 Å². The maximum Gasteiger partial charge on any atom is 0.409 e. The van der Waals surface area contributed by atoms with Gasteiger partial charge >= 0.3 is 6.09 Å². The van der Waals surface area contributed by atoms with Gasteiger partial charge in [0.25, 0.3) is 0 Å². The Morgan fingerprint density at radius 3 is 2.78 bits per heavy atom. The molecule has 2 aromatic heterocycles. The number of rotatable bonds is 6. The van der Waals surface area contributed by atoms with E-state index in [1.54, 1.807) is 23.2 Å². The fraction of sp³-hybridized carbons (Fsp3) is 0.556. The van der Waals surface area contributed by atoms with Crippen molar-refractivity contribution in [3.05, 3.63) is 17.3 Å². The van der Waals surface area contributed by atoms with Crippen LogP contribution in [0.4, 0.5) is 10.6 Å². The van der Waals surface area contributed by atoms with Gasteiger partial charge in [-0.3, -0.25) is 4.79 Å². The van der Waals surface area contributed by atoms with Crippen LogP contribution in [0.25, 0.3) is 10.2 Å². The van der Waals surface area contributed by atoms with Crippen LogP contribution in [-0.4, -0.2) is 59.2 Å². The number of thiophene rings is 1. The number of carbonyl (C=O) groups excluding carboxylic acids is 2. The molecule has 2 amide bonds. The van der Waals surface area contributed by atoms with E-state index >= 15 is 0 Å². The van der Waals surface area contributed by atoms with Gasteiger partial charge in [-0.2, -0.15) is 0 Å². The lowest BCUT2D eigenvalue weighted by molar-refractivity contribution is -0.120. The minimum absolute atomic E-state index is 0.0724. The zero-order valence-electron chi connectivity index (χ0n) is 15.7. The third kappa shape index (κ3) is 4.85. The minimum Gasteiger partial charge on any atom is -0.450 e. The molecule has 1 aliphatic rings. The molecule has 0 atom stereocenters. The van der Waals surface area contributed by atoms with Crippen molar-refractivity contribution in [3.8, 4) is 0 Å². The van der Waals surface area contributed by atoms with E-state index < -0.39 is 0 Å². The Kier molecular flexibility index (Phi) is 6.44. The number of fused-ring (bicyclic) bond motifs is 1. The fourth-order valence-electron chi connectivity index (χ4n) is 3.08. The van der Waals surface area contributed by atoms with Crippen LogP contribution in [0.1, 0.15) is 31.6 Å². The predicted octanol–water partition coefficient (Wildman–Crippen LogP) is 2.40. The van der Waals surface area contributed by atoms with Crippen molar-refractivity contribution in [2.75, 3.05) is 31.6 Å². The monoisotopic (exact) mass is 391 g/mol. The molecule has 1 aliphatic heterocycles. The molecule has 0 saturated carbocycles. The van der Waals surface area contributed by atoms with Crippen molar-refractivity contribution in [1.29, 1.82) is 0 Å². The summed E-state index contributed by atoms with van der Waals surface area (Å²) in [6.07, 6.45) is 3.65. The normalized spacial score (nSPS) is 15.0. The van der Waals surface area contributed by atoms with Crippen LogP contribution in [0.2, 0.25) is 0 Å². The van der Waals surface area contributed by atoms with Gasteiger partial charge in [-0.25, -0.2) is 14.8 Å². The van der Waals surface area contributed by atoms with Crippen molar-refractivity contribution in [3.63, 3.8) is 0 Å². The highest BCUT2D eigenvalue weighted by molar-refractivity contribution is 7.18. The summed E-state index contributed by atoms with van der Waals surface area (Å²) in [5.74, 6) is 0.602. The molecule has 0 radical (unpaired) electrons. The second kappa shape index (κ2) is 8.98. The lowest BCUT2D eigenvalue weighted by Gasteiger charge is -2.31. The van der Waals surface area contributed by atoms with Gasteiger partial charge in [0.05, 0.1) is 18.5 Å². The summed E-state index contributed by atoms with van der Waals surface area (Å²) in [4.78, 5) is 36.4. The smallest absolute Gasteiger partial charge is 0.409 e. The quantitative estimate of drug-likeness (QED) is 0.785. The van der Waals surface area contributed by atoms with Crippen molar-refractivity contribution in [2.24, 2.45) is 0 Å². The molecule has 0 aromatic carbocycles. The Balaban J connectivity index is 1.48. The molecule has 1 fully saturated rings. The van der Waals surface area contributed by atoms with Crippen LogP contribution in [0.15, 0.2) is 12.4 Å². The Bertz CT molecular complexity index is 801. The maximum atomic E-state index is 12.3. The van der Waals surface area contributed by atoms with Crippen LogP contribution in [-0.2, 0) is 16.0 Å². The summed E-state index contributed by atoms with van der Waals surface area (Å²) in [7, 11) is 0. The molecule has 2 N–H and O–H groups in total. The number of aryl methyl sites for hydroxylation is 1. The number of nitrogens with one attached hydrogen (secondary N) is 2. The Morgan fingerprint density at radius 2 is 2.07 bits per heavy atom. The number of likely N-dealkylation sites (tertiary alicyclic amines) is 1. The summed E-state index contributed by atoms with van der Waals surface area (Å²) in [5.41, 5.74) is 0. The first-order valence-corrected chi connectivity index (χ1v) is 10.1. The summed E-state index contributed by atoms with van der Waals surface area (Å²) in [6, 6.07) is 2.15. The zero-order chi connectivity index (χ0) is 19.2. The third-order valence-electron chi connectivity index (χ3n) is 4.53. The van der Waals surface area contributed by atoms with E-state index in [0.29, 0.717) is 25.5 Å². The van der Waals surface area contributed by atoms with E-state index in [0.717, 1.165) is 29.5 Å². The van der Waals surface area contributed by atoms with E-state index in [1.807, 2.05) is 0 Å². The lowest BCUT2D eigenvalue weighted by Crippen LogP contribution is -2.47. The Morgan fingerprint density at radius 1 is 1.30 bits per heavy atom. The van der Waals surface area contributed by atoms with Crippen LogP contribution in [0.3, 0.4) is 0 Å². The second-order valence-electron chi connectivity index (χ2n) is 6.39. The highest BCUT2D eigenvalue weighted by atomic mass is 32.1. The van der Waals surface area contributed by atoms with Crippen molar-refractivity contribution in [2.45, 2.75) is 39.2 Å². The molecule has 2 aromatic rings. The number of anilines is 1. The van der Waals surface area contributed by atoms with Gasteiger partial charge < -0.3 is 20.3 Å². The highest BCUT2D eigenvalue weighted by Gasteiger charge is 2.24. The summed E-state index contributed by atoms with van der Waals surface area (Å²) < 4.78 is 5.01. The first-order valence-electron chi connectivity index (χ1n) is 9.29. The second-order valence-corrected chi connectivity index (χ2v) is 7.50. The molecular weight excluding hydrogens is 366 g/mol. The van der Waals surface area contributed by atoms with Gasteiger partial charge in [0.2, 0.25) is 5.91 Å². The number of nitrogens with zero attached hydrogens (tertiary/aromatic N) is 3. The maximum absolute atomic E-state index is 12.3. The minimum atomic E-state index is -0.279. The number of piperidine rings is 1. The molecule has 0 unspecified atom stereocenters. The van der Waals surface area contributed by atoms with Crippen LogP contribution in [0.5, 0.6) is 0 Å². The molecule has 1 saturated heterocycles. The Labute approximate surface area is 162 Å². The van der Waals surface area contributed by atoms with Crippen molar-refractivity contribution >= 4 is 39.4 Å². The molecule has 146 valence electrons. The molecule has 0 bridgehead atoms. The number of aromatic nitrogens is 2. The first kappa shape index (κ1) is 19.3. The molecule has 27 heavy (non-hydrogen) atoms. The molecule has 8 nitrogen and oxygen atoms in total. The SMILES string of the molecule is CCOC(=O)N1CCC(NC(=O)CNc2ncnc3sc(CC)cc23)CC1. The zero-order valence-corrected chi connectivity index (χ0v) is 16.5. The fourth-order valence-corrected chi connectivity index (χ4v) is 4.02. The van der Waals surface area contributed by atoms with E-state index in [2.05, 4.69) is 33.6 Å². The summed E-state index contributed by atoms with van der Waals surface area (Å²) >= 11 is 1.65. The third-order valence-corrected chi connectivity index (χ3v) is 5.72. The number of carbonyl (C=O) groups is 2. The predicted molar refractivity (Wildman–Crippen MR) is 105 cm³/mol. The first-order chi connectivity index (χ1) is 13.1. The van der Waals surface area contributed by atoms with Gasteiger partial charge in [0.15, 0.2) is 0 Å². The number of hydrogen-bond acceptors (Lipinski definition) is 7. The van der Waals surface area contributed by atoms with Gasteiger partial charge in [-0.05, 0) is 32.3 Å². The molecular formula is C18H25N5O3S. The average molecular weight is 391 g/mol. The standard InChI is InChI=1S/C18H25N5O3S/c1-3-13-9-14-16(20-11-21-17(14)27-13)19-10-15(24)22-12-5-7-23(8-6-12)18(25)26-4-2/h9,11-12H,3-8,10H2,1-2H3,(H,22,24)(H,19,20,21). The van der Waals surface area contributed by atoms with Crippen LogP contribution in [0, 0.1) is 0 Å². The van der Waals surface area contributed by atoms with Crippen LogP contribution >= 0.6 is 11.3 Å². The highest BCUT2D eigenvalue weighted by Crippen LogP contribution is 2.28. The lowest BCUT2D eigenvalue weighted by atomic mass is 10.1. The van der Waals surface area contributed by atoms with E-state index in [9.17, 15) is 9.59 Å². The van der Waals surface area contributed by atoms with E-state index in [1.165, 1.54) is 11.2 Å². The Hall–Kier alpha value is -2.42. The molecule has 9 heteroatoms.